The third-order valence-corrected chi connectivity index (χ3v) is 3.15. The van der Waals surface area contributed by atoms with Crippen LogP contribution in [0.4, 0.5) is 5.95 Å². The normalized spacial score (nSPS) is 14.3. The molecule has 0 saturated heterocycles. The minimum absolute atomic E-state index is 0.0288. The number of benzene rings is 1. The van der Waals surface area contributed by atoms with E-state index in [1.807, 2.05) is 24.3 Å². The standard InChI is InChI=1S/C12H14N6O2/c13-12-14-15-16-18(12)8-11(19)17-5-6-20-10-4-2-1-3-9(10)7-17/h1-4H,5-8H2,(H2,13,14,16). The van der Waals surface area contributed by atoms with Crippen LogP contribution in [-0.4, -0.2) is 44.2 Å². The summed E-state index contributed by atoms with van der Waals surface area (Å²) < 4.78 is 6.90. The van der Waals surface area contributed by atoms with Crippen LogP contribution < -0.4 is 10.5 Å². The van der Waals surface area contributed by atoms with Crippen LogP contribution in [0.1, 0.15) is 5.56 Å². The highest BCUT2D eigenvalue weighted by molar-refractivity contribution is 5.76. The first-order valence-electron chi connectivity index (χ1n) is 6.24. The monoisotopic (exact) mass is 274 g/mol. The van der Waals surface area contributed by atoms with Crippen molar-refractivity contribution in [2.45, 2.75) is 13.1 Å². The van der Waals surface area contributed by atoms with Crippen LogP contribution in [0.15, 0.2) is 24.3 Å². The van der Waals surface area contributed by atoms with Crippen molar-refractivity contribution in [2.75, 3.05) is 18.9 Å². The second kappa shape index (κ2) is 5.16. The first-order valence-corrected chi connectivity index (χ1v) is 6.24. The van der Waals surface area contributed by atoms with Gasteiger partial charge >= 0.3 is 0 Å². The highest BCUT2D eigenvalue weighted by Gasteiger charge is 2.20. The van der Waals surface area contributed by atoms with Crippen LogP contribution in [0, 0.1) is 0 Å². The third-order valence-electron chi connectivity index (χ3n) is 3.15. The molecule has 2 N–H and O–H groups in total. The zero-order valence-electron chi connectivity index (χ0n) is 10.8. The number of rotatable bonds is 2. The Morgan fingerprint density at radius 1 is 1.40 bits per heavy atom. The van der Waals surface area contributed by atoms with Crippen molar-refractivity contribution in [2.24, 2.45) is 0 Å². The molecule has 1 aliphatic heterocycles. The Kier molecular flexibility index (Phi) is 3.20. The van der Waals surface area contributed by atoms with Crippen LogP contribution in [0.3, 0.4) is 0 Å². The van der Waals surface area contributed by atoms with E-state index in [-0.39, 0.29) is 18.4 Å². The van der Waals surface area contributed by atoms with Crippen molar-refractivity contribution < 1.29 is 9.53 Å². The molecule has 0 spiro atoms. The van der Waals surface area contributed by atoms with Crippen LogP contribution in [0.5, 0.6) is 5.75 Å². The zero-order valence-corrected chi connectivity index (χ0v) is 10.8. The predicted molar refractivity (Wildman–Crippen MR) is 69.6 cm³/mol. The number of anilines is 1. The average molecular weight is 274 g/mol. The minimum atomic E-state index is -0.0932. The molecule has 1 aromatic heterocycles. The number of para-hydroxylation sites is 1. The van der Waals surface area contributed by atoms with Gasteiger partial charge in [-0.2, -0.15) is 0 Å². The Bertz CT molecular complexity index is 626. The molecule has 1 aliphatic rings. The van der Waals surface area contributed by atoms with Gasteiger partial charge in [0.05, 0.1) is 6.54 Å². The summed E-state index contributed by atoms with van der Waals surface area (Å²) in [7, 11) is 0. The Balaban J connectivity index is 1.74. The molecule has 8 nitrogen and oxygen atoms in total. The molecule has 20 heavy (non-hydrogen) atoms. The van der Waals surface area contributed by atoms with E-state index in [2.05, 4.69) is 15.5 Å². The smallest absolute Gasteiger partial charge is 0.244 e. The Morgan fingerprint density at radius 2 is 2.25 bits per heavy atom. The SMILES string of the molecule is Nc1nnnn1CC(=O)N1CCOc2ccccc2C1. The molecule has 1 amide bonds. The van der Waals surface area contributed by atoms with E-state index in [0.29, 0.717) is 19.7 Å². The Morgan fingerprint density at radius 3 is 3.05 bits per heavy atom. The van der Waals surface area contributed by atoms with Crippen molar-refractivity contribution in [3.05, 3.63) is 29.8 Å². The van der Waals surface area contributed by atoms with Crippen molar-refractivity contribution in [3.8, 4) is 5.75 Å². The van der Waals surface area contributed by atoms with Gasteiger partial charge in [0.1, 0.15) is 18.9 Å². The van der Waals surface area contributed by atoms with Gasteiger partial charge in [-0.1, -0.05) is 23.3 Å². The number of ether oxygens (including phenoxy) is 1. The fraction of sp³-hybridized carbons (Fsp3) is 0.333. The lowest BCUT2D eigenvalue weighted by atomic mass is 10.2. The Hall–Kier alpha value is -2.64. The van der Waals surface area contributed by atoms with E-state index in [4.69, 9.17) is 10.5 Å². The van der Waals surface area contributed by atoms with E-state index in [1.54, 1.807) is 4.90 Å². The molecule has 8 heteroatoms. The number of hydrogen-bond acceptors (Lipinski definition) is 6. The lowest BCUT2D eigenvalue weighted by molar-refractivity contribution is -0.132. The summed E-state index contributed by atoms with van der Waals surface area (Å²) in [6, 6.07) is 7.70. The molecule has 2 aromatic rings. The van der Waals surface area contributed by atoms with Crippen molar-refractivity contribution >= 4 is 11.9 Å². The number of aromatic nitrogens is 4. The molecule has 3 rings (SSSR count). The van der Waals surface area contributed by atoms with Crippen LogP contribution in [-0.2, 0) is 17.9 Å². The average Bonchev–Trinajstić information content (AvgIpc) is 2.74. The molecule has 0 aliphatic carbocycles. The van der Waals surface area contributed by atoms with Crippen LogP contribution in [0.25, 0.3) is 0 Å². The van der Waals surface area contributed by atoms with Crippen molar-refractivity contribution in [3.63, 3.8) is 0 Å². The lowest BCUT2D eigenvalue weighted by Gasteiger charge is -2.19. The van der Waals surface area contributed by atoms with Gasteiger partial charge in [-0.25, -0.2) is 4.68 Å². The third kappa shape index (κ3) is 2.40. The first-order chi connectivity index (χ1) is 9.74. The first kappa shape index (κ1) is 12.4. The van der Waals surface area contributed by atoms with Crippen LogP contribution >= 0.6 is 0 Å². The molecule has 1 aromatic carbocycles. The van der Waals surface area contributed by atoms with E-state index in [0.717, 1.165) is 11.3 Å². The van der Waals surface area contributed by atoms with Gasteiger partial charge in [0.15, 0.2) is 0 Å². The summed E-state index contributed by atoms with van der Waals surface area (Å²) in [4.78, 5) is 14.0. The molecule has 0 saturated carbocycles. The second-order valence-corrected chi connectivity index (χ2v) is 4.47. The number of carbonyl (C=O) groups excluding carboxylic acids is 1. The molecule has 0 unspecified atom stereocenters. The number of fused-ring (bicyclic) bond motifs is 1. The number of nitrogens with zero attached hydrogens (tertiary/aromatic N) is 5. The van der Waals surface area contributed by atoms with Gasteiger partial charge < -0.3 is 15.4 Å². The maximum Gasteiger partial charge on any atom is 0.244 e. The lowest BCUT2D eigenvalue weighted by Crippen LogP contribution is -2.35. The summed E-state index contributed by atoms with van der Waals surface area (Å²) >= 11 is 0. The molecule has 2 heterocycles. The minimum Gasteiger partial charge on any atom is -0.491 e. The van der Waals surface area contributed by atoms with Gasteiger partial charge in [-0.05, 0) is 16.5 Å². The predicted octanol–water partition coefficient (Wildman–Crippen LogP) is -0.324. The van der Waals surface area contributed by atoms with E-state index < -0.39 is 0 Å². The number of nitrogen functional groups attached to an aromatic ring is 1. The number of carbonyl (C=O) groups is 1. The number of tetrazole rings is 1. The molecular weight excluding hydrogens is 260 g/mol. The molecule has 0 bridgehead atoms. The molecule has 0 fully saturated rings. The fourth-order valence-corrected chi connectivity index (χ4v) is 2.09. The fourth-order valence-electron chi connectivity index (χ4n) is 2.09. The van der Waals surface area contributed by atoms with Crippen molar-refractivity contribution in [1.82, 2.24) is 25.1 Å². The second-order valence-electron chi connectivity index (χ2n) is 4.47. The highest BCUT2D eigenvalue weighted by atomic mass is 16.5. The number of amides is 1. The summed E-state index contributed by atoms with van der Waals surface area (Å²) in [5.41, 5.74) is 6.55. The Labute approximate surface area is 115 Å². The van der Waals surface area contributed by atoms with Crippen molar-refractivity contribution in [1.29, 1.82) is 0 Å². The van der Waals surface area contributed by atoms with Gasteiger partial charge in [-0.15, -0.1) is 0 Å². The summed E-state index contributed by atoms with van der Waals surface area (Å²) in [5.74, 6) is 0.860. The summed E-state index contributed by atoms with van der Waals surface area (Å²) in [6.45, 7) is 1.53. The maximum absolute atomic E-state index is 12.3. The van der Waals surface area contributed by atoms with Gasteiger partial charge in [-0.3, -0.25) is 4.79 Å². The molecule has 104 valence electrons. The van der Waals surface area contributed by atoms with Gasteiger partial charge in [0.25, 0.3) is 0 Å². The molecular formula is C12H14N6O2. The summed E-state index contributed by atoms with van der Waals surface area (Å²) in [5, 5.41) is 10.6. The molecule has 0 atom stereocenters. The number of hydrogen-bond donors (Lipinski definition) is 1. The van der Waals surface area contributed by atoms with Crippen LogP contribution in [0.2, 0.25) is 0 Å². The maximum atomic E-state index is 12.3. The largest absolute Gasteiger partial charge is 0.491 e. The highest BCUT2D eigenvalue weighted by Crippen LogP contribution is 2.22. The van der Waals surface area contributed by atoms with Gasteiger partial charge in [0, 0.05) is 12.1 Å². The molecule has 0 radical (unpaired) electrons. The van der Waals surface area contributed by atoms with E-state index in [9.17, 15) is 4.79 Å². The quantitative estimate of drug-likeness (QED) is 0.805. The van der Waals surface area contributed by atoms with E-state index in [1.165, 1.54) is 4.68 Å². The summed E-state index contributed by atoms with van der Waals surface area (Å²) in [6.07, 6.45) is 0. The van der Waals surface area contributed by atoms with Gasteiger partial charge in [0.2, 0.25) is 11.9 Å². The number of nitrogens with two attached hydrogens (primary N) is 1. The topological polar surface area (TPSA) is 99.2 Å². The van der Waals surface area contributed by atoms with E-state index >= 15 is 0 Å². The zero-order chi connectivity index (χ0) is 13.9.